The summed E-state index contributed by atoms with van der Waals surface area (Å²) >= 11 is 0. The molecule has 4 nitrogen and oxygen atoms in total. The Labute approximate surface area is 153 Å². The topological polar surface area (TPSA) is 51.2 Å². The number of carbonyl (C=O) groups is 1. The molecule has 0 aliphatic rings. The van der Waals surface area contributed by atoms with Gasteiger partial charge in [0.05, 0.1) is 22.3 Å². The number of anilines is 2. The Balaban J connectivity index is 1.98. The number of hydrogen-bond acceptors (Lipinski definition) is 4. The molecule has 3 aromatic rings. The average Bonchev–Trinajstić information content (AvgIpc) is 2.65. The van der Waals surface area contributed by atoms with Crippen molar-refractivity contribution in [2.75, 3.05) is 11.9 Å². The zero-order valence-electron chi connectivity index (χ0n) is 14.1. The number of nitrogens with zero attached hydrogens (tertiary/aromatic N) is 1. The second kappa shape index (κ2) is 7.49. The van der Waals surface area contributed by atoms with Crippen LogP contribution >= 0.6 is 0 Å². The number of alkyl halides is 3. The Morgan fingerprint density at radius 1 is 1.15 bits per heavy atom. The second-order valence-electron chi connectivity index (χ2n) is 5.65. The first kappa shape index (κ1) is 18.4. The van der Waals surface area contributed by atoms with Gasteiger partial charge in [0.2, 0.25) is 0 Å². The summed E-state index contributed by atoms with van der Waals surface area (Å²) in [7, 11) is 0. The molecule has 138 valence electrons. The minimum absolute atomic E-state index is 0.0750. The summed E-state index contributed by atoms with van der Waals surface area (Å²) in [5.74, 6) is -0.532. The zero-order chi connectivity index (χ0) is 19.4. The Bertz CT molecular complexity index is 1000. The molecule has 2 aromatic carbocycles. The monoisotopic (exact) mass is 372 g/mol. The molecule has 1 N–H and O–H groups in total. The zero-order valence-corrected chi connectivity index (χ0v) is 14.1. The molecule has 0 aliphatic carbocycles. The molecule has 0 spiro atoms. The number of halogens is 3. The number of rotatable bonds is 5. The van der Waals surface area contributed by atoms with E-state index in [1.165, 1.54) is 18.3 Å². The number of ether oxygens (including phenoxy) is 1. The molecule has 0 saturated carbocycles. The van der Waals surface area contributed by atoms with E-state index in [2.05, 4.69) is 16.9 Å². The maximum atomic E-state index is 12.9. The molecule has 1 heterocycles. The Morgan fingerprint density at radius 2 is 1.93 bits per heavy atom. The molecule has 0 unspecified atom stereocenters. The number of carbonyl (C=O) groups excluding carboxylic acids is 1. The Morgan fingerprint density at radius 3 is 2.67 bits per heavy atom. The van der Waals surface area contributed by atoms with Crippen LogP contribution < -0.4 is 5.32 Å². The summed E-state index contributed by atoms with van der Waals surface area (Å²) in [5.41, 5.74) is 0.725. The fourth-order valence-electron chi connectivity index (χ4n) is 2.56. The highest BCUT2D eigenvalue weighted by Crippen LogP contribution is 2.33. The van der Waals surface area contributed by atoms with Gasteiger partial charge in [-0.05, 0) is 30.3 Å². The molecule has 1 aromatic heterocycles. The molecule has 0 fully saturated rings. The highest BCUT2D eigenvalue weighted by molar-refractivity contribution is 5.99. The highest BCUT2D eigenvalue weighted by atomic mass is 19.4. The van der Waals surface area contributed by atoms with Gasteiger partial charge < -0.3 is 10.1 Å². The van der Waals surface area contributed by atoms with Crippen molar-refractivity contribution < 1.29 is 22.7 Å². The lowest BCUT2D eigenvalue weighted by Gasteiger charge is -2.14. The first-order valence-corrected chi connectivity index (χ1v) is 8.00. The van der Waals surface area contributed by atoms with Gasteiger partial charge in [0.25, 0.3) is 0 Å². The number of para-hydroxylation sites is 1. The lowest BCUT2D eigenvalue weighted by atomic mass is 10.1. The third kappa shape index (κ3) is 4.08. The highest BCUT2D eigenvalue weighted by Gasteiger charge is 2.30. The van der Waals surface area contributed by atoms with E-state index in [9.17, 15) is 18.0 Å². The van der Waals surface area contributed by atoms with E-state index in [1.54, 1.807) is 30.3 Å². The largest absolute Gasteiger partial charge is 0.458 e. The number of pyridine rings is 1. The molecule has 3 rings (SSSR count). The van der Waals surface area contributed by atoms with Crippen LogP contribution in [0.5, 0.6) is 0 Å². The minimum Gasteiger partial charge on any atom is -0.458 e. The molecular formula is C20H15F3N2O2. The van der Waals surface area contributed by atoms with E-state index in [4.69, 9.17) is 4.74 Å². The van der Waals surface area contributed by atoms with Crippen molar-refractivity contribution in [3.8, 4) is 0 Å². The molecule has 0 bridgehead atoms. The average molecular weight is 372 g/mol. The van der Waals surface area contributed by atoms with Crippen LogP contribution in [0.3, 0.4) is 0 Å². The molecule has 7 heteroatoms. The van der Waals surface area contributed by atoms with Gasteiger partial charge in [0, 0.05) is 17.3 Å². The van der Waals surface area contributed by atoms with Crippen LogP contribution in [0, 0.1) is 0 Å². The lowest BCUT2D eigenvalue weighted by Crippen LogP contribution is -2.08. The third-order valence-electron chi connectivity index (χ3n) is 3.82. The number of esters is 1. The van der Waals surface area contributed by atoms with Crippen molar-refractivity contribution >= 4 is 28.2 Å². The summed E-state index contributed by atoms with van der Waals surface area (Å²) in [6.07, 6.45) is -1.58. The molecule has 0 saturated heterocycles. The standard InChI is InChI=1S/C20H15F3N2O2/c1-2-11-27-19(26)15-5-3-4-6-16(15)25-17-9-10-24-18-12-13(20(21,22)23)7-8-14(17)18/h2-10,12H,1,11H2,(H,24,25). The molecule has 0 radical (unpaired) electrons. The summed E-state index contributed by atoms with van der Waals surface area (Å²) in [6.45, 7) is 3.57. The fraction of sp³-hybridized carbons (Fsp3) is 0.100. The van der Waals surface area contributed by atoms with Crippen molar-refractivity contribution in [2.24, 2.45) is 0 Å². The van der Waals surface area contributed by atoms with Gasteiger partial charge >= 0.3 is 12.1 Å². The number of aromatic nitrogens is 1. The summed E-state index contributed by atoms with van der Waals surface area (Å²) in [6, 6.07) is 11.7. The van der Waals surface area contributed by atoms with Gasteiger partial charge in [-0.15, -0.1) is 0 Å². The van der Waals surface area contributed by atoms with E-state index < -0.39 is 17.7 Å². The first-order chi connectivity index (χ1) is 12.9. The van der Waals surface area contributed by atoms with Gasteiger partial charge in [-0.3, -0.25) is 4.98 Å². The third-order valence-corrected chi connectivity index (χ3v) is 3.82. The van der Waals surface area contributed by atoms with E-state index in [1.807, 2.05) is 0 Å². The van der Waals surface area contributed by atoms with Gasteiger partial charge in [0.1, 0.15) is 6.61 Å². The SMILES string of the molecule is C=CCOC(=O)c1ccccc1Nc1ccnc2cc(C(F)(F)F)ccc12. The van der Waals surface area contributed by atoms with Gasteiger partial charge in [0.15, 0.2) is 0 Å². The van der Waals surface area contributed by atoms with Crippen molar-refractivity contribution in [3.05, 3.63) is 78.5 Å². The number of nitrogens with one attached hydrogen (secondary N) is 1. The Hall–Kier alpha value is -3.35. The molecule has 0 atom stereocenters. The molecule has 27 heavy (non-hydrogen) atoms. The predicted octanol–water partition coefficient (Wildman–Crippen LogP) is 5.34. The van der Waals surface area contributed by atoms with Crippen LogP contribution in [0.1, 0.15) is 15.9 Å². The summed E-state index contributed by atoms with van der Waals surface area (Å²) in [5, 5.41) is 3.58. The summed E-state index contributed by atoms with van der Waals surface area (Å²) in [4.78, 5) is 16.2. The predicted molar refractivity (Wildman–Crippen MR) is 96.9 cm³/mol. The number of hydrogen-bond donors (Lipinski definition) is 1. The summed E-state index contributed by atoms with van der Waals surface area (Å²) < 4.78 is 43.8. The van der Waals surface area contributed by atoms with Crippen molar-refractivity contribution in [3.63, 3.8) is 0 Å². The van der Waals surface area contributed by atoms with Gasteiger partial charge in [-0.25, -0.2) is 4.79 Å². The number of benzene rings is 2. The maximum Gasteiger partial charge on any atom is 0.416 e. The van der Waals surface area contributed by atoms with E-state index >= 15 is 0 Å². The van der Waals surface area contributed by atoms with Crippen LogP contribution in [-0.2, 0) is 10.9 Å². The van der Waals surface area contributed by atoms with Crippen LogP contribution in [0.25, 0.3) is 10.9 Å². The van der Waals surface area contributed by atoms with Crippen molar-refractivity contribution in [2.45, 2.75) is 6.18 Å². The van der Waals surface area contributed by atoms with E-state index in [0.29, 0.717) is 22.3 Å². The minimum atomic E-state index is -4.44. The maximum absolute atomic E-state index is 12.9. The van der Waals surface area contributed by atoms with Crippen LogP contribution in [0.2, 0.25) is 0 Å². The first-order valence-electron chi connectivity index (χ1n) is 8.00. The molecular weight excluding hydrogens is 357 g/mol. The smallest absolute Gasteiger partial charge is 0.416 e. The second-order valence-corrected chi connectivity index (χ2v) is 5.65. The van der Waals surface area contributed by atoms with E-state index in [0.717, 1.165) is 12.1 Å². The van der Waals surface area contributed by atoms with Crippen molar-refractivity contribution in [1.29, 1.82) is 0 Å². The fourth-order valence-corrected chi connectivity index (χ4v) is 2.56. The quantitative estimate of drug-likeness (QED) is 0.485. The molecule has 0 amide bonds. The van der Waals surface area contributed by atoms with Gasteiger partial charge in [-0.1, -0.05) is 30.9 Å². The molecule has 0 aliphatic heterocycles. The normalized spacial score (nSPS) is 11.2. The van der Waals surface area contributed by atoms with Crippen LogP contribution in [-0.4, -0.2) is 17.6 Å². The van der Waals surface area contributed by atoms with E-state index in [-0.39, 0.29) is 12.1 Å². The number of fused-ring (bicyclic) bond motifs is 1. The van der Waals surface area contributed by atoms with Gasteiger partial charge in [-0.2, -0.15) is 13.2 Å². The lowest BCUT2D eigenvalue weighted by molar-refractivity contribution is -0.137. The van der Waals surface area contributed by atoms with Crippen LogP contribution in [0.15, 0.2) is 67.4 Å². The van der Waals surface area contributed by atoms with Crippen molar-refractivity contribution in [1.82, 2.24) is 4.98 Å². The van der Waals surface area contributed by atoms with Crippen LogP contribution in [0.4, 0.5) is 24.5 Å². The Kier molecular flexibility index (Phi) is 5.12.